The van der Waals surface area contributed by atoms with E-state index in [1.165, 1.54) is 11.8 Å². The van der Waals surface area contributed by atoms with E-state index in [9.17, 15) is 9.59 Å². The molecule has 1 aliphatic rings. The van der Waals surface area contributed by atoms with E-state index in [0.29, 0.717) is 49.9 Å². The number of primary amides is 1. The minimum absolute atomic E-state index is 0.0475. The Bertz CT molecular complexity index is 833. The van der Waals surface area contributed by atoms with Gasteiger partial charge in [-0.05, 0) is 31.0 Å². The number of hydrogen-bond acceptors (Lipinski definition) is 5. The van der Waals surface area contributed by atoms with Gasteiger partial charge in [-0.3, -0.25) is 9.59 Å². The van der Waals surface area contributed by atoms with Gasteiger partial charge in [0.25, 0.3) is 0 Å². The second-order valence-electron chi connectivity index (χ2n) is 6.52. The van der Waals surface area contributed by atoms with Crippen molar-refractivity contribution < 1.29 is 14.3 Å². The van der Waals surface area contributed by atoms with Gasteiger partial charge in [-0.1, -0.05) is 23.4 Å². The van der Waals surface area contributed by atoms with Gasteiger partial charge in [0.2, 0.25) is 11.8 Å². The van der Waals surface area contributed by atoms with Gasteiger partial charge in [0, 0.05) is 37.7 Å². The lowest BCUT2D eigenvalue weighted by molar-refractivity contribution is -0.132. The number of benzene rings is 1. The number of nitrogens with zero attached hydrogens (tertiary/aromatic N) is 3. The molecule has 1 aromatic carbocycles. The van der Waals surface area contributed by atoms with Crippen molar-refractivity contribution in [2.75, 3.05) is 32.6 Å². The van der Waals surface area contributed by atoms with Crippen LogP contribution in [0, 0.1) is 5.92 Å². The highest BCUT2D eigenvalue weighted by Crippen LogP contribution is 2.27. The average molecular weight is 411 g/mol. The quantitative estimate of drug-likeness (QED) is 0.706. The Kier molecular flexibility index (Phi) is 6.62. The third kappa shape index (κ3) is 4.75. The molecule has 0 atom stereocenters. The zero-order chi connectivity index (χ0) is 19.4. The number of ether oxygens (including phenoxy) is 1. The summed E-state index contributed by atoms with van der Waals surface area (Å²) >= 11 is 7.48. The molecule has 0 bridgehead atoms. The van der Waals surface area contributed by atoms with Gasteiger partial charge < -0.3 is 19.9 Å². The number of nitrogens with two attached hydrogens (primary N) is 1. The average Bonchev–Trinajstić information content (AvgIpc) is 3.00. The van der Waals surface area contributed by atoms with E-state index in [0.717, 1.165) is 16.2 Å². The third-order valence-corrected chi connectivity index (χ3v) is 5.97. The first-order chi connectivity index (χ1) is 13.0. The van der Waals surface area contributed by atoms with E-state index in [1.807, 2.05) is 22.8 Å². The van der Waals surface area contributed by atoms with Crippen LogP contribution in [0.5, 0.6) is 0 Å². The van der Waals surface area contributed by atoms with Crippen LogP contribution in [0.3, 0.4) is 0 Å². The summed E-state index contributed by atoms with van der Waals surface area (Å²) in [7, 11) is 1.65. The topological polar surface area (TPSA) is 90.5 Å². The number of methoxy groups -OCH3 is 1. The van der Waals surface area contributed by atoms with Crippen molar-refractivity contribution in [2.24, 2.45) is 11.7 Å². The van der Waals surface area contributed by atoms with Gasteiger partial charge in [-0.15, -0.1) is 0 Å². The van der Waals surface area contributed by atoms with Crippen LogP contribution in [0.1, 0.15) is 12.8 Å². The van der Waals surface area contributed by atoms with Gasteiger partial charge in [0.05, 0.1) is 23.4 Å². The van der Waals surface area contributed by atoms with E-state index < -0.39 is 0 Å². The lowest BCUT2D eigenvalue weighted by atomic mass is 9.96. The molecule has 0 radical (unpaired) electrons. The predicted octanol–water partition coefficient (Wildman–Crippen LogP) is 2.15. The Morgan fingerprint density at radius 3 is 2.78 bits per heavy atom. The number of carbonyl (C=O) groups excluding carboxylic acids is 2. The van der Waals surface area contributed by atoms with E-state index >= 15 is 0 Å². The standard InChI is InChI=1S/C18H23ClN4O3S/c1-26-9-8-23-15-3-2-13(19)10-14(15)21-18(23)27-11-16(24)22-6-4-12(5-7-22)17(20)25/h2-3,10,12H,4-9,11H2,1H3,(H2,20,25). The lowest BCUT2D eigenvalue weighted by Crippen LogP contribution is -2.42. The Balaban J connectivity index is 1.67. The molecule has 146 valence electrons. The first kappa shape index (κ1) is 20.0. The van der Waals surface area contributed by atoms with Crippen LogP contribution in [-0.4, -0.2) is 58.8 Å². The molecular weight excluding hydrogens is 388 g/mol. The lowest BCUT2D eigenvalue weighted by Gasteiger charge is -2.30. The maximum absolute atomic E-state index is 12.5. The molecule has 1 fully saturated rings. The molecule has 0 unspecified atom stereocenters. The van der Waals surface area contributed by atoms with E-state index in [4.69, 9.17) is 22.1 Å². The Labute approximate surface area is 167 Å². The number of hydrogen-bond donors (Lipinski definition) is 1. The monoisotopic (exact) mass is 410 g/mol. The molecule has 7 nitrogen and oxygen atoms in total. The summed E-state index contributed by atoms with van der Waals surface area (Å²) in [6.07, 6.45) is 1.27. The summed E-state index contributed by atoms with van der Waals surface area (Å²) in [6, 6.07) is 5.58. The number of piperidine rings is 1. The number of thioether (sulfide) groups is 1. The van der Waals surface area contributed by atoms with E-state index in [2.05, 4.69) is 4.98 Å². The maximum atomic E-state index is 12.5. The molecule has 0 spiro atoms. The molecule has 27 heavy (non-hydrogen) atoms. The van der Waals surface area contributed by atoms with Gasteiger partial charge in [-0.2, -0.15) is 0 Å². The highest BCUT2D eigenvalue weighted by Gasteiger charge is 2.26. The van der Waals surface area contributed by atoms with Crippen LogP contribution in [0.25, 0.3) is 11.0 Å². The van der Waals surface area contributed by atoms with Crippen LogP contribution < -0.4 is 5.73 Å². The SMILES string of the molecule is COCCn1c(SCC(=O)N2CCC(C(N)=O)CC2)nc2cc(Cl)ccc21. The van der Waals surface area contributed by atoms with Crippen molar-refractivity contribution in [2.45, 2.75) is 24.5 Å². The molecule has 2 N–H and O–H groups in total. The van der Waals surface area contributed by atoms with E-state index in [-0.39, 0.29) is 17.7 Å². The van der Waals surface area contributed by atoms with Gasteiger partial charge >= 0.3 is 0 Å². The molecule has 0 saturated carbocycles. The Hall–Kier alpha value is -1.77. The van der Waals surface area contributed by atoms with Crippen molar-refractivity contribution in [3.8, 4) is 0 Å². The summed E-state index contributed by atoms with van der Waals surface area (Å²) in [5.41, 5.74) is 7.12. The number of imidazole rings is 1. The fourth-order valence-electron chi connectivity index (χ4n) is 3.22. The molecular formula is C18H23ClN4O3S. The molecule has 9 heteroatoms. The normalized spacial score (nSPS) is 15.4. The second-order valence-corrected chi connectivity index (χ2v) is 7.90. The molecule has 0 aliphatic carbocycles. The van der Waals surface area contributed by atoms with Crippen LogP contribution in [0.4, 0.5) is 0 Å². The number of halogens is 1. The number of fused-ring (bicyclic) bond motifs is 1. The van der Waals surface area contributed by atoms with Crippen molar-refractivity contribution in [3.05, 3.63) is 23.2 Å². The smallest absolute Gasteiger partial charge is 0.233 e. The first-order valence-corrected chi connectivity index (χ1v) is 10.2. The molecule has 1 saturated heterocycles. The highest BCUT2D eigenvalue weighted by molar-refractivity contribution is 7.99. The Morgan fingerprint density at radius 1 is 1.37 bits per heavy atom. The summed E-state index contributed by atoms with van der Waals surface area (Å²) in [4.78, 5) is 30.2. The molecule has 2 aromatic rings. The first-order valence-electron chi connectivity index (χ1n) is 8.84. The molecule has 3 rings (SSSR count). The second kappa shape index (κ2) is 8.95. The van der Waals surface area contributed by atoms with Crippen molar-refractivity contribution in [3.63, 3.8) is 0 Å². The summed E-state index contributed by atoms with van der Waals surface area (Å²) in [6.45, 7) is 2.34. The van der Waals surface area contributed by atoms with E-state index in [1.54, 1.807) is 12.0 Å². The number of rotatable bonds is 7. The fraction of sp³-hybridized carbons (Fsp3) is 0.500. The zero-order valence-electron chi connectivity index (χ0n) is 15.2. The third-order valence-electron chi connectivity index (χ3n) is 4.77. The van der Waals surface area contributed by atoms with Crippen molar-refractivity contribution >= 4 is 46.2 Å². The minimum atomic E-state index is -0.276. The number of carbonyl (C=O) groups is 2. The summed E-state index contributed by atoms with van der Waals surface area (Å²) in [5, 5.41) is 1.40. The van der Waals surface area contributed by atoms with Gasteiger partial charge in [0.1, 0.15) is 0 Å². The maximum Gasteiger partial charge on any atom is 0.233 e. The highest BCUT2D eigenvalue weighted by atomic mass is 35.5. The molecule has 2 amide bonds. The molecule has 2 heterocycles. The molecule has 1 aromatic heterocycles. The van der Waals surface area contributed by atoms with Crippen molar-refractivity contribution in [1.29, 1.82) is 0 Å². The fourth-order valence-corrected chi connectivity index (χ4v) is 4.33. The zero-order valence-corrected chi connectivity index (χ0v) is 16.8. The van der Waals surface area contributed by atoms with Crippen LogP contribution in [0.15, 0.2) is 23.4 Å². The number of amides is 2. The minimum Gasteiger partial charge on any atom is -0.383 e. The predicted molar refractivity (Wildman–Crippen MR) is 106 cm³/mol. The summed E-state index contributed by atoms with van der Waals surface area (Å²) < 4.78 is 7.24. The number of aromatic nitrogens is 2. The summed E-state index contributed by atoms with van der Waals surface area (Å²) in [5.74, 6) is -0.0522. The largest absolute Gasteiger partial charge is 0.383 e. The van der Waals surface area contributed by atoms with Gasteiger partial charge in [0.15, 0.2) is 5.16 Å². The van der Waals surface area contributed by atoms with Crippen LogP contribution in [0.2, 0.25) is 5.02 Å². The van der Waals surface area contributed by atoms with Crippen LogP contribution in [-0.2, 0) is 20.9 Å². The van der Waals surface area contributed by atoms with Crippen LogP contribution >= 0.6 is 23.4 Å². The molecule has 1 aliphatic heterocycles. The number of likely N-dealkylation sites (tertiary alicyclic amines) is 1. The van der Waals surface area contributed by atoms with Crippen molar-refractivity contribution in [1.82, 2.24) is 14.5 Å². The van der Waals surface area contributed by atoms with Gasteiger partial charge in [-0.25, -0.2) is 4.98 Å². The Morgan fingerprint density at radius 2 is 2.11 bits per heavy atom.